The molecule has 1 saturated carbocycles. The van der Waals surface area contributed by atoms with Crippen LogP contribution < -0.4 is 5.32 Å². The molecule has 5 nitrogen and oxygen atoms in total. The predicted octanol–water partition coefficient (Wildman–Crippen LogP) is 2.70. The Morgan fingerprint density at radius 1 is 1.24 bits per heavy atom. The van der Waals surface area contributed by atoms with Crippen molar-refractivity contribution < 1.29 is 19.4 Å². The van der Waals surface area contributed by atoms with Crippen molar-refractivity contribution in [3.05, 3.63) is 35.9 Å². The van der Waals surface area contributed by atoms with Gasteiger partial charge in [-0.3, -0.25) is 0 Å². The number of carboxylic acid groups (broad SMARTS) is 1. The molecule has 21 heavy (non-hydrogen) atoms. The van der Waals surface area contributed by atoms with E-state index >= 15 is 0 Å². The number of nitrogens with one attached hydrogen (secondary N) is 1. The van der Waals surface area contributed by atoms with Crippen molar-refractivity contribution in [3.63, 3.8) is 0 Å². The molecule has 0 radical (unpaired) electrons. The molecule has 0 aliphatic heterocycles. The first-order valence-electron chi connectivity index (χ1n) is 6.91. The molecule has 2 N–H and O–H groups in total. The van der Waals surface area contributed by atoms with Crippen molar-refractivity contribution in [1.82, 2.24) is 5.32 Å². The topological polar surface area (TPSA) is 75.6 Å². The van der Waals surface area contributed by atoms with Gasteiger partial charge in [-0.1, -0.05) is 37.3 Å². The second-order valence-corrected chi connectivity index (χ2v) is 6.71. The highest BCUT2D eigenvalue weighted by Gasteiger charge is 2.71. The Kier molecular flexibility index (Phi) is 3.48. The third-order valence-corrected chi connectivity index (χ3v) is 3.93. The normalized spacial score (nSPS) is 27.8. The van der Waals surface area contributed by atoms with Gasteiger partial charge >= 0.3 is 12.1 Å². The fourth-order valence-corrected chi connectivity index (χ4v) is 2.67. The zero-order valence-corrected chi connectivity index (χ0v) is 12.8. The molecule has 0 unspecified atom stereocenters. The standard InChI is InChI=1S/C16H21NO4/c1-14(2,3)21-13(20)17-16(12(18)19)10-15(16,4)11-8-6-5-7-9-11/h5-9H,10H2,1-4H3,(H,17,20)(H,18,19)/t15-,16-/m0/s1. The van der Waals surface area contributed by atoms with Crippen molar-refractivity contribution in [2.24, 2.45) is 0 Å². The summed E-state index contributed by atoms with van der Waals surface area (Å²) in [7, 11) is 0. The molecule has 0 saturated heterocycles. The van der Waals surface area contributed by atoms with Crippen LogP contribution in [-0.2, 0) is 14.9 Å². The molecule has 1 aliphatic carbocycles. The van der Waals surface area contributed by atoms with Gasteiger partial charge in [0.15, 0.2) is 5.54 Å². The lowest BCUT2D eigenvalue weighted by Gasteiger charge is -2.24. The number of rotatable bonds is 3. The molecule has 0 aromatic heterocycles. The number of carbonyl (C=O) groups is 2. The van der Waals surface area contributed by atoms with Gasteiger partial charge in [-0.15, -0.1) is 0 Å². The lowest BCUT2D eigenvalue weighted by molar-refractivity contribution is -0.141. The van der Waals surface area contributed by atoms with Crippen LogP contribution in [0.15, 0.2) is 30.3 Å². The number of ether oxygens (including phenoxy) is 1. The Balaban J connectivity index is 2.22. The Morgan fingerprint density at radius 3 is 2.29 bits per heavy atom. The highest BCUT2D eigenvalue weighted by molar-refractivity contribution is 5.91. The molecule has 2 atom stereocenters. The summed E-state index contributed by atoms with van der Waals surface area (Å²) in [5.41, 5.74) is -1.71. The molecular weight excluding hydrogens is 270 g/mol. The van der Waals surface area contributed by atoms with E-state index in [0.29, 0.717) is 6.42 Å². The summed E-state index contributed by atoms with van der Waals surface area (Å²) in [6.45, 7) is 7.06. The molecule has 1 amide bonds. The Bertz CT molecular complexity index is 563. The maximum atomic E-state index is 11.9. The van der Waals surface area contributed by atoms with Gasteiger partial charge in [0.2, 0.25) is 0 Å². The molecule has 0 heterocycles. The lowest BCUT2D eigenvalue weighted by Crippen LogP contribution is -2.49. The fourth-order valence-electron chi connectivity index (χ4n) is 2.67. The van der Waals surface area contributed by atoms with E-state index in [1.54, 1.807) is 20.8 Å². The minimum Gasteiger partial charge on any atom is -0.479 e. The van der Waals surface area contributed by atoms with Crippen LogP contribution in [-0.4, -0.2) is 28.3 Å². The number of hydrogen-bond acceptors (Lipinski definition) is 3. The quantitative estimate of drug-likeness (QED) is 0.897. The van der Waals surface area contributed by atoms with Gasteiger partial charge in [-0.05, 0) is 32.8 Å². The summed E-state index contributed by atoms with van der Waals surface area (Å²) < 4.78 is 5.18. The Hall–Kier alpha value is -2.04. The number of carbonyl (C=O) groups excluding carboxylic acids is 1. The molecule has 1 aliphatic rings. The molecule has 0 spiro atoms. The number of carboxylic acids is 1. The summed E-state index contributed by atoms with van der Waals surface area (Å²) in [5.74, 6) is -1.04. The van der Waals surface area contributed by atoms with Crippen LogP contribution >= 0.6 is 0 Å². The highest BCUT2D eigenvalue weighted by Crippen LogP contribution is 2.57. The fraction of sp³-hybridized carbons (Fsp3) is 0.500. The van der Waals surface area contributed by atoms with Crippen LogP contribution in [0.5, 0.6) is 0 Å². The third-order valence-electron chi connectivity index (χ3n) is 3.93. The van der Waals surface area contributed by atoms with E-state index in [4.69, 9.17) is 4.74 Å². The lowest BCUT2D eigenvalue weighted by atomic mass is 9.92. The van der Waals surface area contributed by atoms with Gasteiger partial charge in [-0.2, -0.15) is 0 Å². The van der Waals surface area contributed by atoms with Crippen LogP contribution in [0, 0.1) is 0 Å². The van der Waals surface area contributed by atoms with Crippen molar-refractivity contribution in [1.29, 1.82) is 0 Å². The first-order valence-corrected chi connectivity index (χ1v) is 6.91. The van der Waals surface area contributed by atoms with E-state index in [1.165, 1.54) is 0 Å². The summed E-state index contributed by atoms with van der Waals surface area (Å²) >= 11 is 0. The number of hydrogen-bond donors (Lipinski definition) is 2. The van der Waals surface area contributed by atoms with Gasteiger partial charge in [-0.25, -0.2) is 9.59 Å². The minimum atomic E-state index is -1.31. The van der Waals surface area contributed by atoms with E-state index in [0.717, 1.165) is 5.56 Å². The van der Waals surface area contributed by atoms with Crippen LogP contribution in [0.3, 0.4) is 0 Å². The predicted molar refractivity (Wildman–Crippen MR) is 78.1 cm³/mol. The maximum absolute atomic E-state index is 11.9. The second-order valence-electron chi connectivity index (χ2n) is 6.71. The summed E-state index contributed by atoms with van der Waals surface area (Å²) in [6.07, 6.45) is -0.358. The molecule has 1 aromatic carbocycles. The number of amides is 1. The summed E-state index contributed by atoms with van der Waals surface area (Å²) in [4.78, 5) is 23.6. The highest BCUT2D eigenvalue weighted by atomic mass is 16.6. The maximum Gasteiger partial charge on any atom is 0.408 e. The zero-order valence-electron chi connectivity index (χ0n) is 12.8. The molecule has 0 bridgehead atoms. The smallest absolute Gasteiger partial charge is 0.408 e. The van der Waals surface area contributed by atoms with Gasteiger partial charge in [0.05, 0.1) is 0 Å². The molecular formula is C16H21NO4. The monoisotopic (exact) mass is 291 g/mol. The van der Waals surface area contributed by atoms with Gasteiger partial charge in [0.25, 0.3) is 0 Å². The van der Waals surface area contributed by atoms with E-state index in [1.807, 2.05) is 37.3 Å². The number of benzene rings is 1. The average Bonchev–Trinajstić information content (AvgIpc) is 2.96. The largest absolute Gasteiger partial charge is 0.479 e. The van der Waals surface area contributed by atoms with E-state index in [-0.39, 0.29) is 0 Å². The Morgan fingerprint density at radius 2 is 1.81 bits per heavy atom. The van der Waals surface area contributed by atoms with Crippen LogP contribution in [0.2, 0.25) is 0 Å². The SMILES string of the molecule is CC(C)(C)OC(=O)N[C@]1(C(=O)O)C[C@@]1(C)c1ccccc1. The van der Waals surface area contributed by atoms with E-state index < -0.39 is 28.6 Å². The van der Waals surface area contributed by atoms with Crippen LogP contribution in [0.25, 0.3) is 0 Å². The second kappa shape index (κ2) is 4.76. The molecule has 2 rings (SSSR count). The average molecular weight is 291 g/mol. The van der Waals surface area contributed by atoms with Crippen LogP contribution in [0.1, 0.15) is 39.7 Å². The van der Waals surface area contributed by atoms with Gasteiger partial charge in [0, 0.05) is 5.41 Å². The third kappa shape index (κ3) is 2.73. The molecule has 1 aromatic rings. The van der Waals surface area contributed by atoms with Crippen LogP contribution in [0.4, 0.5) is 4.79 Å². The summed E-state index contributed by atoms with van der Waals surface area (Å²) in [5, 5.41) is 12.1. The molecule has 5 heteroatoms. The van der Waals surface area contributed by atoms with Crippen molar-refractivity contribution in [2.45, 2.75) is 50.7 Å². The van der Waals surface area contributed by atoms with Gasteiger partial charge in [0.1, 0.15) is 5.60 Å². The Labute approximate surface area is 124 Å². The van der Waals surface area contributed by atoms with Crippen molar-refractivity contribution >= 4 is 12.1 Å². The summed E-state index contributed by atoms with van der Waals surface area (Å²) in [6, 6.07) is 9.35. The van der Waals surface area contributed by atoms with Crippen molar-refractivity contribution in [2.75, 3.05) is 0 Å². The van der Waals surface area contributed by atoms with E-state index in [2.05, 4.69) is 5.32 Å². The number of alkyl carbamates (subject to hydrolysis) is 1. The zero-order chi connectivity index (χ0) is 15.9. The van der Waals surface area contributed by atoms with Gasteiger partial charge < -0.3 is 15.2 Å². The minimum absolute atomic E-state index is 0.346. The molecule has 1 fully saturated rings. The van der Waals surface area contributed by atoms with Crippen molar-refractivity contribution in [3.8, 4) is 0 Å². The van der Waals surface area contributed by atoms with E-state index in [9.17, 15) is 14.7 Å². The molecule has 114 valence electrons. The first-order chi connectivity index (χ1) is 9.61. The number of aliphatic carboxylic acids is 1. The first kappa shape index (κ1) is 15.4.